The molecule has 0 amide bonds. The summed E-state index contributed by atoms with van der Waals surface area (Å²) in [6, 6.07) is 19.3. The van der Waals surface area contributed by atoms with Crippen molar-refractivity contribution in [2.75, 3.05) is 6.54 Å². The summed E-state index contributed by atoms with van der Waals surface area (Å²) >= 11 is 0. The Hall–Kier alpha value is -3.31. The average Bonchev–Trinajstić information content (AvgIpc) is 2.72. The second kappa shape index (κ2) is 6.14. The summed E-state index contributed by atoms with van der Waals surface area (Å²) < 4.78 is 0. The van der Waals surface area contributed by atoms with E-state index in [9.17, 15) is 10.1 Å². The minimum absolute atomic E-state index is 0.0884. The van der Waals surface area contributed by atoms with Crippen molar-refractivity contribution in [3.63, 3.8) is 0 Å². The number of nitrogens with zero attached hydrogens (tertiary/aromatic N) is 2. The molecular formula is C22H17N3O2. The zero-order chi connectivity index (χ0) is 18.4. The number of hydrogen-bond acceptors (Lipinski definition) is 4. The number of nitrogens with one attached hydrogen (secondary N) is 1. The molecule has 1 aliphatic rings. The number of rotatable bonds is 2. The van der Waals surface area contributed by atoms with Gasteiger partial charge < -0.3 is 5.32 Å². The number of pyridine rings is 1. The molecule has 1 N–H and O–H groups in total. The Morgan fingerprint density at radius 2 is 1.89 bits per heavy atom. The zero-order valence-electron chi connectivity index (χ0n) is 14.6. The van der Waals surface area contributed by atoms with Crippen LogP contribution in [0.4, 0.5) is 5.69 Å². The summed E-state index contributed by atoms with van der Waals surface area (Å²) in [5.41, 5.74) is 5.10. The molecule has 4 aromatic rings. The van der Waals surface area contributed by atoms with Gasteiger partial charge >= 0.3 is 0 Å². The minimum atomic E-state index is -0.358. The van der Waals surface area contributed by atoms with E-state index in [1.807, 2.05) is 12.1 Å². The summed E-state index contributed by atoms with van der Waals surface area (Å²) in [4.78, 5) is 15.8. The van der Waals surface area contributed by atoms with E-state index in [-0.39, 0.29) is 10.6 Å². The highest BCUT2D eigenvalue weighted by atomic mass is 16.6. The van der Waals surface area contributed by atoms with Gasteiger partial charge in [-0.15, -0.1) is 0 Å². The van der Waals surface area contributed by atoms with E-state index in [0.717, 1.165) is 41.8 Å². The van der Waals surface area contributed by atoms with Crippen molar-refractivity contribution in [2.24, 2.45) is 0 Å². The highest BCUT2D eigenvalue weighted by molar-refractivity contribution is 6.09. The molecule has 0 saturated heterocycles. The Kier molecular flexibility index (Phi) is 3.62. The van der Waals surface area contributed by atoms with E-state index in [0.29, 0.717) is 0 Å². The van der Waals surface area contributed by atoms with Gasteiger partial charge in [0.1, 0.15) is 0 Å². The van der Waals surface area contributed by atoms with Crippen LogP contribution in [0.2, 0.25) is 0 Å². The summed E-state index contributed by atoms with van der Waals surface area (Å²) in [5.74, 6) is 0. The third kappa shape index (κ3) is 2.55. The van der Waals surface area contributed by atoms with Crippen LogP contribution >= 0.6 is 0 Å². The van der Waals surface area contributed by atoms with Gasteiger partial charge in [-0.2, -0.15) is 0 Å². The van der Waals surface area contributed by atoms with Crippen molar-refractivity contribution in [1.82, 2.24) is 10.3 Å². The second-order valence-corrected chi connectivity index (χ2v) is 6.83. The molecule has 0 aliphatic carbocycles. The highest BCUT2D eigenvalue weighted by Gasteiger charge is 2.21. The lowest BCUT2D eigenvalue weighted by atomic mass is 9.90. The van der Waals surface area contributed by atoms with Crippen LogP contribution in [0.15, 0.2) is 60.7 Å². The van der Waals surface area contributed by atoms with E-state index in [4.69, 9.17) is 4.98 Å². The van der Waals surface area contributed by atoms with Crippen molar-refractivity contribution < 1.29 is 4.92 Å². The Morgan fingerprint density at radius 3 is 2.78 bits per heavy atom. The number of fused-ring (bicyclic) bond motifs is 5. The van der Waals surface area contributed by atoms with Gasteiger partial charge in [0.2, 0.25) is 0 Å². The smallest absolute Gasteiger partial charge is 0.270 e. The van der Waals surface area contributed by atoms with Crippen LogP contribution in [0.5, 0.6) is 0 Å². The van der Waals surface area contributed by atoms with Gasteiger partial charge in [0, 0.05) is 29.6 Å². The van der Waals surface area contributed by atoms with Gasteiger partial charge in [-0.3, -0.25) is 10.1 Å². The lowest BCUT2D eigenvalue weighted by Crippen LogP contribution is -2.25. The highest BCUT2D eigenvalue weighted by Crippen LogP contribution is 2.36. The van der Waals surface area contributed by atoms with Crippen molar-refractivity contribution in [3.8, 4) is 11.3 Å². The minimum Gasteiger partial charge on any atom is -0.312 e. The van der Waals surface area contributed by atoms with E-state index in [2.05, 4.69) is 35.6 Å². The van der Waals surface area contributed by atoms with Gasteiger partial charge in [-0.1, -0.05) is 42.5 Å². The van der Waals surface area contributed by atoms with Crippen LogP contribution in [0.3, 0.4) is 0 Å². The first-order chi connectivity index (χ1) is 13.2. The third-order valence-electron chi connectivity index (χ3n) is 5.28. The molecule has 1 aliphatic heterocycles. The van der Waals surface area contributed by atoms with E-state index in [1.54, 1.807) is 12.1 Å². The Labute approximate surface area is 155 Å². The van der Waals surface area contributed by atoms with Crippen molar-refractivity contribution in [3.05, 3.63) is 81.9 Å². The number of hydrogen-bond donors (Lipinski definition) is 1. The predicted molar refractivity (Wildman–Crippen MR) is 107 cm³/mol. The van der Waals surface area contributed by atoms with Crippen LogP contribution < -0.4 is 5.32 Å². The van der Waals surface area contributed by atoms with Gasteiger partial charge in [-0.05, 0) is 40.9 Å². The Bertz CT molecular complexity index is 1220. The third-order valence-corrected chi connectivity index (χ3v) is 5.28. The number of nitro benzene ring substituents is 1. The molecular weight excluding hydrogens is 338 g/mol. The van der Waals surface area contributed by atoms with Crippen molar-refractivity contribution >= 4 is 27.4 Å². The molecule has 1 aromatic heterocycles. The number of non-ortho nitro benzene ring substituents is 1. The molecule has 5 rings (SSSR count). The monoisotopic (exact) mass is 355 g/mol. The van der Waals surface area contributed by atoms with Gasteiger partial charge in [0.25, 0.3) is 5.69 Å². The number of nitro groups is 1. The molecule has 2 heterocycles. The molecule has 5 nitrogen and oxygen atoms in total. The maximum atomic E-state index is 11.2. The molecule has 5 heteroatoms. The molecule has 0 bridgehead atoms. The first kappa shape index (κ1) is 15.9. The fraction of sp³-hybridized carbons (Fsp3) is 0.136. The molecule has 0 unspecified atom stereocenters. The first-order valence-corrected chi connectivity index (χ1v) is 9.01. The summed E-state index contributed by atoms with van der Waals surface area (Å²) in [6.07, 6.45) is 0.921. The fourth-order valence-electron chi connectivity index (χ4n) is 4.05. The van der Waals surface area contributed by atoms with Gasteiger partial charge in [0.15, 0.2) is 0 Å². The van der Waals surface area contributed by atoms with Crippen LogP contribution in [0, 0.1) is 10.1 Å². The summed E-state index contributed by atoms with van der Waals surface area (Å²) in [7, 11) is 0. The lowest BCUT2D eigenvalue weighted by molar-refractivity contribution is -0.384. The molecule has 0 atom stereocenters. The molecule has 3 aromatic carbocycles. The predicted octanol–water partition coefficient (Wildman–Crippen LogP) is 4.61. The molecule has 0 spiro atoms. The van der Waals surface area contributed by atoms with Crippen LogP contribution in [-0.2, 0) is 13.0 Å². The molecule has 132 valence electrons. The Morgan fingerprint density at radius 1 is 1.00 bits per heavy atom. The SMILES string of the molecule is O=[N+]([O-])c1cccc(-c2nc3ccc4ccccc4c3c3c2CNCC3)c1. The maximum absolute atomic E-state index is 11.2. The van der Waals surface area contributed by atoms with Gasteiger partial charge in [-0.25, -0.2) is 4.98 Å². The van der Waals surface area contributed by atoms with Crippen LogP contribution in [0.1, 0.15) is 11.1 Å². The largest absolute Gasteiger partial charge is 0.312 e. The topological polar surface area (TPSA) is 68.1 Å². The number of benzene rings is 3. The van der Waals surface area contributed by atoms with E-state index >= 15 is 0 Å². The first-order valence-electron chi connectivity index (χ1n) is 9.01. The van der Waals surface area contributed by atoms with Crippen LogP contribution in [-0.4, -0.2) is 16.5 Å². The van der Waals surface area contributed by atoms with E-state index in [1.165, 1.54) is 27.8 Å². The fourth-order valence-corrected chi connectivity index (χ4v) is 4.05. The second-order valence-electron chi connectivity index (χ2n) is 6.83. The zero-order valence-corrected chi connectivity index (χ0v) is 14.6. The normalized spacial score (nSPS) is 13.6. The van der Waals surface area contributed by atoms with Crippen molar-refractivity contribution in [2.45, 2.75) is 13.0 Å². The standard InChI is InChI=1S/C22H17N3O2/c26-25(27)16-6-3-5-15(12-16)22-19-13-23-11-10-18(19)21-17-7-2-1-4-14(17)8-9-20(21)24-22/h1-9,12,23H,10-11,13H2. The summed E-state index contributed by atoms with van der Waals surface area (Å²) in [6.45, 7) is 1.64. The Balaban J connectivity index is 1.86. The van der Waals surface area contributed by atoms with E-state index < -0.39 is 0 Å². The molecule has 0 fully saturated rings. The van der Waals surface area contributed by atoms with Crippen molar-refractivity contribution in [1.29, 1.82) is 0 Å². The van der Waals surface area contributed by atoms with Crippen LogP contribution in [0.25, 0.3) is 32.9 Å². The number of aromatic nitrogens is 1. The molecule has 0 saturated carbocycles. The summed E-state index contributed by atoms with van der Waals surface area (Å²) in [5, 5.41) is 18.3. The lowest BCUT2D eigenvalue weighted by Gasteiger charge is -2.23. The average molecular weight is 355 g/mol. The quantitative estimate of drug-likeness (QED) is 0.324. The molecule has 27 heavy (non-hydrogen) atoms. The van der Waals surface area contributed by atoms with Gasteiger partial charge in [0.05, 0.1) is 16.1 Å². The maximum Gasteiger partial charge on any atom is 0.270 e. The molecule has 0 radical (unpaired) electrons.